The second-order valence-corrected chi connectivity index (χ2v) is 5.55. The molecule has 0 spiro atoms. The fraction of sp³-hybridized carbons (Fsp3) is 0.188. The van der Waals surface area contributed by atoms with E-state index in [1.165, 1.54) is 23.0 Å². The average molecular weight is 358 g/mol. The highest BCUT2D eigenvalue weighted by molar-refractivity contribution is 5.89. The minimum atomic E-state index is -0.547. The first kappa shape index (κ1) is 17.3. The molecule has 0 aliphatic rings. The predicted octanol–water partition coefficient (Wildman–Crippen LogP) is 2.20. The van der Waals surface area contributed by atoms with Gasteiger partial charge in [-0.1, -0.05) is 12.1 Å². The molecule has 0 bridgehead atoms. The van der Waals surface area contributed by atoms with Crippen molar-refractivity contribution in [2.75, 3.05) is 5.32 Å². The largest absolute Gasteiger partial charge is 0.309 e. The number of aryl methyl sites for hydroxylation is 1. The Hall–Kier alpha value is -3.56. The molecule has 0 atom stereocenters. The molecule has 0 unspecified atom stereocenters. The first-order valence-corrected chi connectivity index (χ1v) is 7.74. The zero-order chi connectivity index (χ0) is 18.5. The van der Waals surface area contributed by atoms with Gasteiger partial charge in [-0.25, -0.2) is 4.39 Å². The van der Waals surface area contributed by atoms with Crippen molar-refractivity contribution in [1.29, 1.82) is 0 Å². The van der Waals surface area contributed by atoms with Gasteiger partial charge in [0.1, 0.15) is 18.2 Å². The molecule has 0 aliphatic carbocycles. The van der Waals surface area contributed by atoms with Crippen LogP contribution in [0.1, 0.15) is 12.0 Å². The van der Waals surface area contributed by atoms with E-state index in [2.05, 4.69) is 15.5 Å². The number of carbonyl (C=O) groups excluding carboxylic acids is 1. The SMILES string of the molecule is O=C(CCn1cc([N+](=O)[O-])cn1)Nc1ccn(Cc2cccc(F)c2)n1. The zero-order valence-electron chi connectivity index (χ0n) is 13.6. The number of nitrogens with zero attached hydrogens (tertiary/aromatic N) is 5. The monoisotopic (exact) mass is 358 g/mol. The lowest BCUT2D eigenvalue weighted by atomic mass is 10.2. The third kappa shape index (κ3) is 4.50. The molecule has 1 N–H and O–H groups in total. The summed E-state index contributed by atoms with van der Waals surface area (Å²) in [7, 11) is 0. The Bertz CT molecular complexity index is 935. The maximum atomic E-state index is 13.2. The van der Waals surface area contributed by atoms with Crippen molar-refractivity contribution in [3.05, 3.63) is 70.4 Å². The van der Waals surface area contributed by atoms with Crippen LogP contribution < -0.4 is 5.32 Å². The minimum Gasteiger partial charge on any atom is -0.309 e. The number of rotatable bonds is 7. The molecule has 10 heteroatoms. The Morgan fingerprint density at radius 2 is 2.15 bits per heavy atom. The normalized spacial score (nSPS) is 10.7. The summed E-state index contributed by atoms with van der Waals surface area (Å²) in [5.74, 6) is -0.237. The Morgan fingerprint density at radius 3 is 2.88 bits per heavy atom. The van der Waals surface area contributed by atoms with Crippen LogP contribution in [0.4, 0.5) is 15.9 Å². The summed E-state index contributed by atoms with van der Waals surface area (Å²) in [4.78, 5) is 22.0. The van der Waals surface area contributed by atoms with Crippen molar-refractivity contribution < 1.29 is 14.1 Å². The minimum absolute atomic E-state index is 0.0928. The summed E-state index contributed by atoms with van der Waals surface area (Å²) in [6.07, 6.45) is 4.17. The average Bonchev–Trinajstić information content (AvgIpc) is 3.23. The van der Waals surface area contributed by atoms with Gasteiger partial charge < -0.3 is 5.32 Å². The van der Waals surface area contributed by atoms with Crippen LogP contribution in [0.15, 0.2) is 48.9 Å². The number of hydrogen-bond donors (Lipinski definition) is 1. The molecule has 0 fully saturated rings. The van der Waals surface area contributed by atoms with E-state index in [1.54, 1.807) is 29.1 Å². The molecule has 1 amide bonds. The molecule has 9 nitrogen and oxygen atoms in total. The zero-order valence-corrected chi connectivity index (χ0v) is 13.6. The Kier molecular flexibility index (Phi) is 5.02. The third-order valence-corrected chi connectivity index (χ3v) is 3.54. The topological polar surface area (TPSA) is 108 Å². The van der Waals surface area contributed by atoms with Crippen molar-refractivity contribution in [3.63, 3.8) is 0 Å². The fourth-order valence-corrected chi connectivity index (χ4v) is 2.33. The summed E-state index contributed by atoms with van der Waals surface area (Å²) < 4.78 is 16.1. The van der Waals surface area contributed by atoms with Crippen LogP contribution in [0.3, 0.4) is 0 Å². The van der Waals surface area contributed by atoms with Gasteiger partial charge in [-0.2, -0.15) is 10.2 Å². The van der Waals surface area contributed by atoms with Crippen LogP contribution in [0.25, 0.3) is 0 Å². The van der Waals surface area contributed by atoms with Crippen LogP contribution >= 0.6 is 0 Å². The lowest BCUT2D eigenvalue weighted by molar-refractivity contribution is -0.385. The second-order valence-electron chi connectivity index (χ2n) is 5.55. The van der Waals surface area contributed by atoms with Gasteiger partial charge in [0, 0.05) is 25.2 Å². The maximum Gasteiger partial charge on any atom is 0.306 e. The van der Waals surface area contributed by atoms with Crippen molar-refractivity contribution in [3.8, 4) is 0 Å². The number of benzene rings is 1. The number of amides is 1. The molecule has 0 saturated carbocycles. The Balaban J connectivity index is 1.51. The molecule has 0 aliphatic heterocycles. The van der Waals surface area contributed by atoms with E-state index in [4.69, 9.17) is 0 Å². The van der Waals surface area contributed by atoms with E-state index in [0.29, 0.717) is 12.4 Å². The molecular weight excluding hydrogens is 343 g/mol. The van der Waals surface area contributed by atoms with Gasteiger partial charge in [0.15, 0.2) is 5.82 Å². The number of carbonyl (C=O) groups is 1. The number of anilines is 1. The number of hydrogen-bond acceptors (Lipinski definition) is 5. The van der Waals surface area contributed by atoms with Gasteiger partial charge in [0.25, 0.3) is 0 Å². The molecule has 3 rings (SSSR count). The van der Waals surface area contributed by atoms with Crippen molar-refractivity contribution >= 4 is 17.4 Å². The third-order valence-electron chi connectivity index (χ3n) is 3.54. The molecule has 134 valence electrons. The van der Waals surface area contributed by atoms with Crippen LogP contribution in [0, 0.1) is 15.9 Å². The Labute approximate surface area is 147 Å². The molecule has 3 aromatic rings. The lowest BCUT2D eigenvalue weighted by Gasteiger charge is -2.03. The smallest absolute Gasteiger partial charge is 0.306 e. The highest BCUT2D eigenvalue weighted by atomic mass is 19.1. The summed E-state index contributed by atoms with van der Waals surface area (Å²) in [6, 6.07) is 7.83. The van der Waals surface area contributed by atoms with Crippen LogP contribution in [-0.4, -0.2) is 30.4 Å². The molecule has 1 aromatic carbocycles. The van der Waals surface area contributed by atoms with Crippen LogP contribution in [0.5, 0.6) is 0 Å². The molecule has 2 aromatic heterocycles. The summed E-state index contributed by atoms with van der Waals surface area (Å²) >= 11 is 0. The number of halogens is 1. The van der Waals surface area contributed by atoms with E-state index >= 15 is 0 Å². The number of nitrogens with one attached hydrogen (secondary N) is 1. The van der Waals surface area contributed by atoms with Gasteiger partial charge in [0.05, 0.1) is 11.5 Å². The van der Waals surface area contributed by atoms with E-state index in [1.807, 2.05) is 0 Å². The summed E-state index contributed by atoms with van der Waals surface area (Å²) in [5, 5.41) is 21.3. The number of nitro groups is 1. The van der Waals surface area contributed by atoms with Gasteiger partial charge in [-0.15, -0.1) is 0 Å². The van der Waals surface area contributed by atoms with Gasteiger partial charge in [-0.3, -0.25) is 24.3 Å². The summed E-state index contributed by atoms with van der Waals surface area (Å²) in [6.45, 7) is 0.592. The maximum absolute atomic E-state index is 13.2. The van der Waals surface area contributed by atoms with Crippen molar-refractivity contribution in [2.24, 2.45) is 0 Å². The first-order chi connectivity index (χ1) is 12.5. The lowest BCUT2D eigenvalue weighted by Crippen LogP contribution is -2.15. The number of aromatic nitrogens is 4. The molecule has 0 saturated heterocycles. The highest BCUT2D eigenvalue weighted by Crippen LogP contribution is 2.10. The van der Waals surface area contributed by atoms with Gasteiger partial charge in [0.2, 0.25) is 5.91 Å². The van der Waals surface area contributed by atoms with Crippen LogP contribution in [0.2, 0.25) is 0 Å². The quantitative estimate of drug-likeness (QED) is 0.514. The second kappa shape index (κ2) is 7.55. The summed E-state index contributed by atoms with van der Waals surface area (Å²) in [5.41, 5.74) is 0.632. The molecule has 2 heterocycles. The van der Waals surface area contributed by atoms with E-state index in [-0.39, 0.29) is 30.4 Å². The van der Waals surface area contributed by atoms with Crippen molar-refractivity contribution in [1.82, 2.24) is 19.6 Å². The van der Waals surface area contributed by atoms with E-state index < -0.39 is 4.92 Å². The Morgan fingerprint density at radius 1 is 1.31 bits per heavy atom. The van der Waals surface area contributed by atoms with Crippen molar-refractivity contribution in [2.45, 2.75) is 19.5 Å². The standard InChI is InChI=1S/C16H15FN6O3/c17-13-3-1-2-12(8-13)10-22-6-4-15(20-22)19-16(24)5-7-21-11-14(9-18-21)23(25)26/h1-4,6,8-9,11H,5,7,10H2,(H,19,20,24). The van der Waals surface area contributed by atoms with E-state index in [9.17, 15) is 19.3 Å². The molecular formula is C16H15FN6O3. The van der Waals surface area contributed by atoms with E-state index in [0.717, 1.165) is 11.8 Å². The van der Waals surface area contributed by atoms with Gasteiger partial charge in [-0.05, 0) is 17.7 Å². The first-order valence-electron chi connectivity index (χ1n) is 7.74. The molecule has 0 radical (unpaired) electrons. The fourth-order valence-electron chi connectivity index (χ4n) is 2.33. The van der Waals surface area contributed by atoms with Gasteiger partial charge >= 0.3 is 5.69 Å². The van der Waals surface area contributed by atoms with Crippen LogP contribution in [-0.2, 0) is 17.9 Å². The highest BCUT2D eigenvalue weighted by Gasteiger charge is 2.10. The predicted molar refractivity (Wildman–Crippen MR) is 89.9 cm³/mol. The molecule has 26 heavy (non-hydrogen) atoms.